The van der Waals surface area contributed by atoms with Gasteiger partial charge in [0.25, 0.3) is 5.91 Å². The first-order valence-electron chi connectivity index (χ1n) is 8.71. The molecule has 0 unspecified atom stereocenters. The third kappa shape index (κ3) is 2.73. The molecule has 4 heteroatoms. The number of carbonyl (C=O) groups is 2. The zero-order valence-electron chi connectivity index (χ0n) is 14.6. The zero-order chi connectivity index (χ0) is 18.3. The molecule has 0 heterocycles. The SMILES string of the molecule is Cc1ccc(C(N)=O)cc1C(=O)NC1(c2cccc3ccccc23)CC1. The number of amides is 2. The lowest BCUT2D eigenvalue weighted by Gasteiger charge is -2.21. The summed E-state index contributed by atoms with van der Waals surface area (Å²) in [6.45, 7) is 1.86. The summed E-state index contributed by atoms with van der Waals surface area (Å²) in [5, 5.41) is 5.53. The van der Waals surface area contributed by atoms with Crippen molar-refractivity contribution in [1.29, 1.82) is 0 Å². The van der Waals surface area contributed by atoms with Crippen LogP contribution >= 0.6 is 0 Å². The van der Waals surface area contributed by atoms with Gasteiger partial charge in [-0.05, 0) is 53.8 Å². The molecule has 1 saturated carbocycles. The fourth-order valence-electron chi connectivity index (χ4n) is 3.53. The number of rotatable bonds is 4. The predicted molar refractivity (Wildman–Crippen MR) is 102 cm³/mol. The number of primary amides is 1. The number of fused-ring (bicyclic) bond motifs is 1. The Morgan fingerprint density at radius 1 is 1.00 bits per heavy atom. The van der Waals surface area contributed by atoms with Crippen LogP contribution in [-0.2, 0) is 5.54 Å². The number of nitrogens with one attached hydrogen (secondary N) is 1. The van der Waals surface area contributed by atoms with Crippen LogP contribution in [0.25, 0.3) is 10.8 Å². The van der Waals surface area contributed by atoms with Crippen molar-refractivity contribution in [1.82, 2.24) is 5.32 Å². The van der Waals surface area contributed by atoms with Gasteiger partial charge in [0, 0.05) is 11.1 Å². The average molecular weight is 344 g/mol. The van der Waals surface area contributed by atoms with Crippen molar-refractivity contribution >= 4 is 22.6 Å². The highest BCUT2D eigenvalue weighted by molar-refractivity contribution is 6.01. The standard InChI is InChI=1S/C22H20N2O2/c1-14-9-10-16(20(23)25)13-18(14)21(26)24-22(11-12-22)19-8-4-6-15-5-2-3-7-17(15)19/h2-10,13H,11-12H2,1H3,(H2,23,25)(H,24,26). The molecule has 3 aromatic rings. The van der Waals surface area contributed by atoms with Crippen molar-refractivity contribution in [2.75, 3.05) is 0 Å². The summed E-state index contributed by atoms with van der Waals surface area (Å²) in [5.74, 6) is -0.703. The van der Waals surface area contributed by atoms with Gasteiger partial charge < -0.3 is 11.1 Å². The molecule has 4 nitrogen and oxygen atoms in total. The van der Waals surface area contributed by atoms with Crippen LogP contribution in [0.2, 0.25) is 0 Å². The highest BCUT2D eigenvalue weighted by atomic mass is 16.2. The van der Waals surface area contributed by atoms with Crippen LogP contribution in [0.15, 0.2) is 60.7 Å². The lowest BCUT2D eigenvalue weighted by atomic mass is 9.96. The van der Waals surface area contributed by atoms with Crippen LogP contribution in [0.4, 0.5) is 0 Å². The largest absolute Gasteiger partial charge is 0.366 e. The lowest BCUT2D eigenvalue weighted by molar-refractivity contribution is 0.0930. The summed E-state index contributed by atoms with van der Waals surface area (Å²) >= 11 is 0. The Balaban J connectivity index is 1.70. The van der Waals surface area contributed by atoms with Crippen LogP contribution in [0.3, 0.4) is 0 Å². The Bertz CT molecular complexity index is 1030. The molecule has 4 rings (SSSR count). The summed E-state index contributed by atoms with van der Waals surface area (Å²) in [7, 11) is 0. The van der Waals surface area contributed by atoms with E-state index >= 15 is 0 Å². The van der Waals surface area contributed by atoms with Crippen LogP contribution in [0.1, 0.15) is 44.7 Å². The van der Waals surface area contributed by atoms with E-state index in [0.717, 1.165) is 34.7 Å². The average Bonchev–Trinajstić information content (AvgIpc) is 3.41. The van der Waals surface area contributed by atoms with Gasteiger partial charge in [0.15, 0.2) is 0 Å². The van der Waals surface area contributed by atoms with Crippen LogP contribution < -0.4 is 11.1 Å². The maximum atomic E-state index is 12.9. The number of nitrogens with two attached hydrogens (primary N) is 1. The van der Waals surface area contributed by atoms with E-state index in [1.54, 1.807) is 18.2 Å². The molecule has 130 valence electrons. The number of hydrogen-bond acceptors (Lipinski definition) is 2. The van der Waals surface area contributed by atoms with Gasteiger partial charge in [0.1, 0.15) is 0 Å². The minimum atomic E-state index is -0.533. The monoisotopic (exact) mass is 344 g/mol. The molecule has 26 heavy (non-hydrogen) atoms. The number of hydrogen-bond donors (Lipinski definition) is 2. The molecule has 1 aliphatic rings. The summed E-state index contributed by atoms with van der Waals surface area (Å²) in [4.78, 5) is 24.4. The third-order valence-corrected chi connectivity index (χ3v) is 5.17. The van der Waals surface area contributed by atoms with Crippen molar-refractivity contribution in [3.63, 3.8) is 0 Å². The molecule has 0 bridgehead atoms. The van der Waals surface area contributed by atoms with Crippen molar-refractivity contribution < 1.29 is 9.59 Å². The Hall–Kier alpha value is -3.14. The van der Waals surface area contributed by atoms with Crippen molar-refractivity contribution in [3.8, 4) is 0 Å². The van der Waals surface area contributed by atoms with E-state index in [-0.39, 0.29) is 11.4 Å². The first kappa shape index (κ1) is 16.3. The van der Waals surface area contributed by atoms with Gasteiger partial charge in [0.05, 0.1) is 5.54 Å². The summed E-state index contributed by atoms with van der Waals surface area (Å²) in [5.41, 5.74) is 7.82. The molecule has 0 aromatic heterocycles. The number of benzene rings is 3. The second kappa shape index (κ2) is 5.99. The van der Waals surface area contributed by atoms with Gasteiger partial charge in [-0.25, -0.2) is 0 Å². The van der Waals surface area contributed by atoms with Crippen LogP contribution in [0.5, 0.6) is 0 Å². The van der Waals surface area contributed by atoms with E-state index < -0.39 is 5.91 Å². The fraction of sp³-hybridized carbons (Fsp3) is 0.182. The molecule has 0 saturated heterocycles. The molecule has 3 N–H and O–H groups in total. The summed E-state index contributed by atoms with van der Waals surface area (Å²) in [6, 6.07) is 19.4. The highest BCUT2D eigenvalue weighted by Gasteiger charge is 2.46. The Labute approximate surface area is 152 Å². The second-order valence-electron chi connectivity index (χ2n) is 6.96. The van der Waals surface area contributed by atoms with Crippen molar-refractivity contribution in [2.45, 2.75) is 25.3 Å². The van der Waals surface area contributed by atoms with E-state index in [4.69, 9.17) is 5.73 Å². The number of aryl methyl sites for hydroxylation is 1. The molecule has 3 aromatic carbocycles. The van der Waals surface area contributed by atoms with Gasteiger partial charge >= 0.3 is 0 Å². The second-order valence-corrected chi connectivity index (χ2v) is 6.96. The van der Waals surface area contributed by atoms with Gasteiger partial charge in [-0.3, -0.25) is 9.59 Å². The van der Waals surface area contributed by atoms with Gasteiger partial charge in [-0.1, -0.05) is 48.5 Å². The summed E-state index contributed by atoms with van der Waals surface area (Å²) < 4.78 is 0. The quantitative estimate of drug-likeness (QED) is 0.758. The molecular weight excluding hydrogens is 324 g/mol. The fourth-order valence-corrected chi connectivity index (χ4v) is 3.53. The van der Waals surface area contributed by atoms with E-state index in [1.807, 2.05) is 25.1 Å². The topological polar surface area (TPSA) is 72.2 Å². The number of carbonyl (C=O) groups excluding carboxylic acids is 2. The first-order valence-corrected chi connectivity index (χ1v) is 8.71. The maximum absolute atomic E-state index is 12.9. The third-order valence-electron chi connectivity index (χ3n) is 5.17. The molecule has 0 spiro atoms. The molecule has 1 aliphatic carbocycles. The zero-order valence-corrected chi connectivity index (χ0v) is 14.6. The Kier molecular flexibility index (Phi) is 3.76. The maximum Gasteiger partial charge on any atom is 0.252 e. The van der Waals surface area contributed by atoms with Gasteiger partial charge in [-0.15, -0.1) is 0 Å². The predicted octanol–water partition coefficient (Wildman–Crippen LogP) is 3.67. The Morgan fingerprint density at radius 2 is 1.73 bits per heavy atom. The Morgan fingerprint density at radius 3 is 2.46 bits per heavy atom. The lowest BCUT2D eigenvalue weighted by Crippen LogP contribution is -2.35. The van der Waals surface area contributed by atoms with Gasteiger partial charge in [0.2, 0.25) is 5.91 Å². The minimum Gasteiger partial charge on any atom is -0.366 e. The van der Waals surface area contributed by atoms with E-state index in [2.05, 4.69) is 29.6 Å². The van der Waals surface area contributed by atoms with Crippen LogP contribution in [-0.4, -0.2) is 11.8 Å². The van der Waals surface area contributed by atoms with E-state index in [0.29, 0.717) is 11.1 Å². The minimum absolute atomic E-state index is 0.170. The van der Waals surface area contributed by atoms with Gasteiger partial charge in [-0.2, -0.15) is 0 Å². The van der Waals surface area contributed by atoms with Crippen LogP contribution in [0, 0.1) is 6.92 Å². The van der Waals surface area contributed by atoms with Crippen molar-refractivity contribution in [3.05, 3.63) is 82.9 Å². The molecule has 0 aliphatic heterocycles. The van der Waals surface area contributed by atoms with E-state index in [9.17, 15) is 9.59 Å². The van der Waals surface area contributed by atoms with E-state index in [1.165, 1.54) is 0 Å². The molecule has 1 fully saturated rings. The summed E-state index contributed by atoms with van der Waals surface area (Å²) in [6.07, 6.45) is 1.81. The normalized spacial score (nSPS) is 14.8. The molecule has 0 atom stereocenters. The molecule has 0 radical (unpaired) electrons. The molecular formula is C22H20N2O2. The highest BCUT2D eigenvalue weighted by Crippen LogP contribution is 2.48. The smallest absolute Gasteiger partial charge is 0.252 e. The van der Waals surface area contributed by atoms with Crippen molar-refractivity contribution in [2.24, 2.45) is 5.73 Å². The first-order chi connectivity index (χ1) is 12.5. The molecule has 2 amide bonds.